The number of aromatic nitrogens is 1. The molecule has 19 nitrogen and oxygen atoms in total. The van der Waals surface area contributed by atoms with E-state index < -0.39 is 138 Å². The predicted molar refractivity (Wildman–Crippen MR) is 185 cm³/mol. The van der Waals surface area contributed by atoms with Crippen molar-refractivity contribution in [3.63, 3.8) is 0 Å². The topological polar surface area (TPSA) is 253 Å². The molecule has 3 heterocycles. The van der Waals surface area contributed by atoms with Crippen molar-refractivity contribution in [1.82, 2.24) is 4.98 Å². The summed E-state index contributed by atoms with van der Waals surface area (Å²) >= 11 is 0. The van der Waals surface area contributed by atoms with E-state index >= 15 is 0 Å². The molecule has 312 valence electrons. The highest BCUT2D eigenvalue weighted by Crippen LogP contribution is 2.70. The fraction of sp³-hybridized carbons (Fsp3) is 0.658. The summed E-state index contributed by atoms with van der Waals surface area (Å²) in [7, 11) is 0. The van der Waals surface area contributed by atoms with Gasteiger partial charge in [0.15, 0.2) is 30.0 Å². The summed E-state index contributed by atoms with van der Waals surface area (Å²) in [6.45, 7) is 9.73. The largest absolute Gasteiger partial charge is 0.465 e. The zero-order valence-electron chi connectivity index (χ0n) is 33.2. The minimum absolute atomic E-state index is 0.0422. The summed E-state index contributed by atoms with van der Waals surface area (Å²) < 4.78 is 54.3. The van der Waals surface area contributed by atoms with Gasteiger partial charge in [-0.15, -0.1) is 0 Å². The lowest BCUT2D eigenvalue weighted by molar-refractivity contribution is -0.387. The molecule has 3 fully saturated rings. The molecule has 1 aromatic rings. The quantitative estimate of drug-likeness (QED) is 0.298. The average Bonchev–Trinajstić information content (AvgIpc) is 3.32. The molecule has 4 bridgehead atoms. The van der Waals surface area contributed by atoms with Crippen molar-refractivity contribution in [1.29, 1.82) is 0 Å². The van der Waals surface area contributed by atoms with Crippen LogP contribution >= 0.6 is 0 Å². The van der Waals surface area contributed by atoms with E-state index in [1.165, 1.54) is 32.3 Å². The van der Waals surface area contributed by atoms with E-state index in [0.717, 1.165) is 48.5 Å². The molecule has 0 aromatic carbocycles. The van der Waals surface area contributed by atoms with Gasteiger partial charge in [0.25, 0.3) is 0 Å². The Labute approximate surface area is 327 Å². The number of carbonyl (C=O) groups is 8. The van der Waals surface area contributed by atoms with Crippen LogP contribution in [0.5, 0.6) is 0 Å². The monoisotopic (exact) mass is 805 g/mol. The maximum absolute atomic E-state index is 14.4. The van der Waals surface area contributed by atoms with Gasteiger partial charge in [0.1, 0.15) is 42.0 Å². The van der Waals surface area contributed by atoms with Crippen LogP contribution in [0.25, 0.3) is 0 Å². The number of esters is 8. The Bertz CT molecular complexity index is 1860. The van der Waals surface area contributed by atoms with Crippen LogP contribution in [0.2, 0.25) is 0 Å². The number of hydrogen-bond donors (Lipinski definition) is 1. The molecular weight excluding hydrogens is 758 g/mol. The van der Waals surface area contributed by atoms with E-state index in [9.17, 15) is 43.5 Å². The normalized spacial score (nSPS) is 38.2. The Hall–Kier alpha value is -5.17. The van der Waals surface area contributed by atoms with Crippen molar-refractivity contribution < 1.29 is 86.1 Å². The molecule has 57 heavy (non-hydrogen) atoms. The third-order valence-corrected chi connectivity index (χ3v) is 11.5. The fourth-order valence-corrected chi connectivity index (χ4v) is 9.30. The highest BCUT2D eigenvalue weighted by Gasteiger charge is 2.92. The third kappa shape index (κ3) is 6.97. The molecule has 19 heteroatoms. The number of nitrogens with zero attached hydrogens (tertiary/aromatic N) is 1. The van der Waals surface area contributed by atoms with Crippen molar-refractivity contribution in [2.24, 2.45) is 17.3 Å². The Morgan fingerprint density at radius 1 is 0.772 bits per heavy atom. The zero-order valence-corrected chi connectivity index (χ0v) is 33.2. The minimum atomic E-state index is -2.81. The molecule has 1 saturated heterocycles. The van der Waals surface area contributed by atoms with Crippen molar-refractivity contribution >= 4 is 47.8 Å². The van der Waals surface area contributed by atoms with E-state index in [1.54, 1.807) is 6.92 Å². The average molecular weight is 806 g/mol. The summed E-state index contributed by atoms with van der Waals surface area (Å²) in [6.07, 6.45) is -9.28. The van der Waals surface area contributed by atoms with Gasteiger partial charge in [-0.3, -0.25) is 38.5 Å². The molecule has 4 aliphatic rings. The molecule has 1 aromatic heterocycles. The molecule has 2 aliphatic heterocycles. The van der Waals surface area contributed by atoms with Crippen molar-refractivity contribution in [2.45, 2.75) is 129 Å². The summed E-state index contributed by atoms with van der Waals surface area (Å²) in [5, 5.41) is 13.4. The first kappa shape index (κ1) is 43.0. The second-order valence-electron chi connectivity index (χ2n) is 15.4. The molecule has 13 atom stereocenters. The van der Waals surface area contributed by atoms with Crippen LogP contribution in [0, 0.1) is 17.3 Å². The molecule has 2 aliphatic carbocycles. The number of cyclic esters (lactones) is 1. The molecule has 0 radical (unpaired) electrons. The number of carbonyl (C=O) groups excluding carboxylic acids is 8. The highest BCUT2D eigenvalue weighted by molar-refractivity contribution is 5.91. The fourth-order valence-electron chi connectivity index (χ4n) is 9.30. The van der Waals surface area contributed by atoms with Gasteiger partial charge in [0, 0.05) is 53.9 Å². The van der Waals surface area contributed by atoms with Crippen molar-refractivity contribution in [3.8, 4) is 0 Å². The van der Waals surface area contributed by atoms with Crippen LogP contribution in [0.15, 0.2) is 18.5 Å². The van der Waals surface area contributed by atoms with Gasteiger partial charge < -0.3 is 47.7 Å². The van der Waals surface area contributed by atoms with E-state index in [0.29, 0.717) is 5.56 Å². The third-order valence-electron chi connectivity index (χ3n) is 11.5. The maximum Gasteiger partial charge on any atom is 0.340 e. The van der Waals surface area contributed by atoms with E-state index in [2.05, 4.69) is 4.98 Å². The Morgan fingerprint density at radius 3 is 1.84 bits per heavy atom. The predicted octanol–water partition coefficient (Wildman–Crippen LogP) is 1.03. The van der Waals surface area contributed by atoms with Gasteiger partial charge in [-0.25, -0.2) is 4.79 Å². The molecule has 1 spiro atoms. The summed E-state index contributed by atoms with van der Waals surface area (Å²) in [6, 6.07) is 1.50. The number of hydrogen-bond acceptors (Lipinski definition) is 19. The van der Waals surface area contributed by atoms with Gasteiger partial charge in [-0.2, -0.15) is 0 Å². The van der Waals surface area contributed by atoms with E-state index in [1.807, 2.05) is 0 Å². The maximum atomic E-state index is 14.4. The number of pyridine rings is 1. The molecule has 1 N–H and O–H groups in total. The van der Waals surface area contributed by atoms with Gasteiger partial charge >= 0.3 is 47.8 Å². The summed E-state index contributed by atoms with van der Waals surface area (Å²) in [5.74, 6) is -11.5. The first-order valence-electron chi connectivity index (χ1n) is 18.2. The lowest BCUT2D eigenvalue weighted by Crippen LogP contribution is -2.89. The second-order valence-corrected chi connectivity index (χ2v) is 15.4. The minimum Gasteiger partial charge on any atom is -0.465 e. The van der Waals surface area contributed by atoms with Crippen molar-refractivity contribution in [3.05, 3.63) is 29.6 Å². The summed E-state index contributed by atoms with van der Waals surface area (Å²) in [5.41, 5.74) is -9.91. The molecule has 5 rings (SSSR count). The number of ether oxygens (including phenoxy) is 9. The van der Waals surface area contributed by atoms with Gasteiger partial charge in [0.2, 0.25) is 0 Å². The molecule has 2 saturated carbocycles. The Balaban J connectivity index is 2.01. The van der Waals surface area contributed by atoms with Crippen LogP contribution in [0.1, 0.15) is 91.1 Å². The highest BCUT2D eigenvalue weighted by atomic mass is 16.7. The van der Waals surface area contributed by atoms with E-state index in [4.69, 9.17) is 42.6 Å². The lowest BCUT2D eigenvalue weighted by atomic mass is 9.45. The Kier molecular flexibility index (Phi) is 11.5. The Morgan fingerprint density at radius 2 is 1.30 bits per heavy atom. The van der Waals surface area contributed by atoms with Crippen LogP contribution in [0.3, 0.4) is 0 Å². The van der Waals surface area contributed by atoms with Crippen LogP contribution in [-0.4, -0.2) is 124 Å². The second kappa shape index (κ2) is 15.3. The first-order valence-corrected chi connectivity index (χ1v) is 18.2. The lowest BCUT2D eigenvalue weighted by Gasteiger charge is -2.67. The summed E-state index contributed by atoms with van der Waals surface area (Å²) in [4.78, 5) is 111. The van der Waals surface area contributed by atoms with Gasteiger partial charge in [0.05, 0.1) is 17.4 Å². The zero-order chi connectivity index (χ0) is 42.6. The van der Waals surface area contributed by atoms with Crippen LogP contribution in [-0.2, 0) is 76.2 Å². The number of rotatable bonds is 7. The van der Waals surface area contributed by atoms with E-state index in [-0.39, 0.29) is 5.56 Å². The molecule has 1 unspecified atom stereocenters. The van der Waals surface area contributed by atoms with Crippen molar-refractivity contribution in [2.75, 3.05) is 13.2 Å². The molecular formula is C38H47NO18. The number of aliphatic hydroxyl groups is 1. The van der Waals surface area contributed by atoms with Crippen LogP contribution in [0.4, 0.5) is 0 Å². The van der Waals surface area contributed by atoms with Crippen LogP contribution < -0.4 is 0 Å². The standard InChI is InChI=1S/C38H47NO18/c1-16-17(2)33(46)56-30-28(52-20(5)42)32(55-23(8)45)37(15-49-18(3)40)31(54-22(7)44)27(51-19(4)41)26-29(53-21(6)43)38(37,36(30,10)48)57-35(26,9)14-50-34(47)25-13-39-12-11-24(16)25/h11-13,16-17,26-32,48H,14-15H2,1-10H3/t16-,17-,26+,27+,28-,29?,30-,31+,32-,35-,36-,37+,38-/m0/s1. The van der Waals surface area contributed by atoms with Gasteiger partial charge in [-0.05, 0) is 31.4 Å². The smallest absolute Gasteiger partial charge is 0.340 e. The first-order chi connectivity index (χ1) is 26.5. The SMILES string of the molecule is CC(=O)OC[C@]12[C@H](OC(C)=O)[C@H](OC(C)=O)[C@@H]3C(OC(C)=O)[C@@]14O[C@@]3(C)COC(=O)c1cnccc1[C@@H](C)[C@H](C)C(=O)O[C@@H]([C@H](OC(C)=O)[C@@H]2OC(C)=O)[C@]4(C)O. The van der Waals surface area contributed by atoms with Gasteiger partial charge in [-0.1, -0.05) is 13.8 Å². The molecule has 0 amide bonds. The number of fused-ring (bicyclic) bond motifs is 5.